The Labute approximate surface area is 190 Å². The number of thiophene rings is 1. The molecule has 0 saturated heterocycles. The molecule has 1 aliphatic rings. The van der Waals surface area contributed by atoms with Crippen molar-refractivity contribution >= 4 is 21.6 Å². The van der Waals surface area contributed by atoms with E-state index in [1.165, 1.54) is 0 Å². The van der Waals surface area contributed by atoms with Gasteiger partial charge in [-0.15, -0.1) is 11.3 Å². The lowest BCUT2D eigenvalue weighted by molar-refractivity contribution is 0.171. The van der Waals surface area contributed by atoms with Crippen LogP contribution in [0.4, 0.5) is 0 Å². The van der Waals surface area contributed by atoms with Crippen LogP contribution in [0.2, 0.25) is 0 Å². The van der Waals surface area contributed by atoms with Crippen LogP contribution in [0, 0.1) is 5.92 Å². The summed E-state index contributed by atoms with van der Waals surface area (Å²) in [4.78, 5) is 22.2. The molecule has 7 heteroatoms. The van der Waals surface area contributed by atoms with Crippen LogP contribution in [0.15, 0.2) is 59.4 Å². The van der Waals surface area contributed by atoms with Crippen LogP contribution in [0.3, 0.4) is 0 Å². The predicted molar refractivity (Wildman–Crippen MR) is 128 cm³/mol. The smallest absolute Gasteiger partial charge is 0.259 e. The van der Waals surface area contributed by atoms with Gasteiger partial charge in [-0.25, -0.2) is 4.98 Å². The fourth-order valence-electron chi connectivity index (χ4n) is 4.00. The number of fused-ring (bicyclic) bond motifs is 2. The lowest BCUT2D eigenvalue weighted by Gasteiger charge is -2.25. The molecule has 32 heavy (non-hydrogen) atoms. The van der Waals surface area contributed by atoms with Crippen molar-refractivity contribution in [1.82, 2.24) is 15.3 Å². The highest BCUT2D eigenvalue weighted by molar-refractivity contribution is 7.21. The lowest BCUT2D eigenvalue weighted by Crippen LogP contribution is -2.27. The summed E-state index contributed by atoms with van der Waals surface area (Å²) < 4.78 is 11.4. The zero-order valence-electron chi connectivity index (χ0n) is 18.1. The Bertz CT molecular complexity index is 1300. The average molecular weight is 448 g/mol. The summed E-state index contributed by atoms with van der Waals surface area (Å²) in [6, 6.07) is 18.1. The average Bonchev–Trinajstić information content (AvgIpc) is 3.24. The minimum Gasteiger partial charge on any atom is -0.486 e. The lowest BCUT2D eigenvalue weighted by atomic mass is 9.95. The molecule has 0 unspecified atom stereocenters. The van der Waals surface area contributed by atoms with Crippen molar-refractivity contribution in [3.05, 3.63) is 76.3 Å². The van der Waals surface area contributed by atoms with Crippen molar-refractivity contribution in [1.29, 1.82) is 0 Å². The van der Waals surface area contributed by atoms with Gasteiger partial charge in [-0.1, -0.05) is 50.2 Å². The van der Waals surface area contributed by atoms with Crippen LogP contribution in [0.25, 0.3) is 20.7 Å². The monoisotopic (exact) mass is 447 g/mol. The van der Waals surface area contributed by atoms with Crippen LogP contribution >= 0.6 is 11.3 Å². The molecule has 1 aliphatic heterocycles. The molecular weight excluding hydrogens is 422 g/mol. The van der Waals surface area contributed by atoms with Gasteiger partial charge in [-0.3, -0.25) is 4.79 Å². The molecule has 2 aromatic carbocycles. The van der Waals surface area contributed by atoms with Gasteiger partial charge in [0.05, 0.1) is 11.9 Å². The standard InChI is InChI=1S/C25H25N3O3S/c1-15(2)23(17-8-9-19-20(12-17)31-11-10-30-19)26-14-22-27-24(29)18-13-21(32-25(18)28-22)16-6-4-3-5-7-16/h3-9,12-13,15,23,26H,10-11,14H2,1-2H3,(H,27,28,29)/t23-/m1/s1. The van der Waals surface area contributed by atoms with Gasteiger partial charge >= 0.3 is 0 Å². The molecule has 1 atom stereocenters. The van der Waals surface area contributed by atoms with Gasteiger partial charge in [-0.05, 0) is 35.2 Å². The minimum atomic E-state index is -0.106. The summed E-state index contributed by atoms with van der Waals surface area (Å²) in [6.07, 6.45) is 0. The van der Waals surface area contributed by atoms with E-state index in [2.05, 4.69) is 30.2 Å². The van der Waals surface area contributed by atoms with E-state index in [1.807, 2.05) is 48.5 Å². The number of ether oxygens (including phenoxy) is 2. The van der Waals surface area contributed by atoms with Crippen molar-refractivity contribution in [2.24, 2.45) is 5.92 Å². The summed E-state index contributed by atoms with van der Waals surface area (Å²) in [7, 11) is 0. The van der Waals surface area contributed by atoms with Gasteiger partial charge in [0, 0.05) is 10.9 Å². The van der Waals surface area contributed by atoms with E-state index < -0.39 is 0 Å². The van der Waals surface area contributed by atoms with E-state index in [9.17, 15) is 4.79 Å². The van der Waals surface area contributed by atoms with Crippen molar-refractivity contribution in [3.63, 3.8) is 0 Å². The number of aromatic nitrogens is 2. The first-order chi connectivity index (χ1) is 15.6. The quantitative estimate of drug-likeness (QED) is 0.439. The van der Waals surface area contributed by atoms with E-state index in [-0.39, 0.29) is 11.6 Å². The first-order valence-electron chi connectivity index (χ1n) is 10.8. The summed E-state index contributed by atoms with van der Waals surface area (Å²) in [5.41, 5.74) is 2.11. The predicted octanol–water partition coefficient (Wildman–Crippen LogP) is 4.91. The third kappa shape index (κ3) is 4.13. The highest BCUT2D eigenvalue weighted by atomic mass is 32.1. The number of H-pyrrole nitrogens is 1. The summed E-state index contributed by atoms with van der Waals surface area (Å²) in [6.45, 7) is 5.93. The van der Waals surface area contributed by atoms with Gasteiger partial charge < -0.3 is 19.8 Å². The summed E-state index contributed by atoms with van der Waals surface area (Å²) in [5.74, 6) is 2.53. The molecule has 0 amide bonds. The topological polar surface area (TPSA) is 76.2 Å². The first-order valence-corrected chi connectivity index (χ1v) is 11.6. The van der Waals surface area contributed by atoms with Gasteiger partial charge in [0.15, 0.2) is 11.5 Å². The maximum atomic E-state index is 12.7. The van der Waals surface area contributed by atoms with E-state index >= 15 is 0 Å². The SMILES string of the molecule is CC(C)[C@@H](NCc1nc2sc(-c3ccccc3)cc2c(=O)[nH]1)c1ccc2c(c1)OCCO2. The number of aromatic amines is 1. The maximum Gasteiger partial charge on any atom is 0.259 e. The highest BCUT2D eigenvalue weighted by Gasteiger charge is 2.20. The molecule has 0 bridgehead atoms. The molecule has 164 valence electrons. The third-order valence-electron chi connectivity index (χ3n) is 5.59. The van der Waals surface area contributed by atoms with Crippen molar-refractivity contribution in [2.75, 3.05) is 13.2 Å². The number of hydrogen-bond acceptors (Lipinski definition) is 6. The summed E-state index contributed by atoms with van der Waals surface area (Å²) in [5, 5.41) is 4.19. The molecule has 0 fully saturated rings. The molecular formula is C25H25N3O3S. The van der Waals surface area contributed by atoms with Crippen molar-refractivity contribution in [3.8, 4) is 21.9 Å². The van der Waals surface area contributed by atoms with Crippen LogP contribution < -0.4 is 20.3 Å². The number of benzene rings is 2. The Kier molecular flexibility index (Phi) is 5.68. The van der Waals surface area contributed by atoms with Crippen LogP contribution in [0.1, 0.15) is 31.3 Å². The number of hydrogen-bond donors (Lipinski definition) is 2. The van der Waals surface area contributed by atoms with Gasteiger partial charge in [0.1, 0.15) is 23.9 Å². The number of nitrogens with one attached hydrogen (secondary N) is 2. The molecule has 4 aromatic rings. The maximum absolute atomic E-state index is 12.7. The largest absolute Gasteiger partial charge is 0.486 e. The van der Waals surface area contributed by atoms with Gasteiger partial charge in [-0.2, -0.15) is 0 Å². The van der Waals surface area contributed by atoms with Crippen LogP contribution in [-0.4, -0.2) is 23.2 Å². The second-order valence-electron chi connectivity index (χ2n) is 8.21. The van der Waals surface area contributed by atoms with Crippen molar-refractivity contribution < 1.29 is 9.47 Å². The Morgan fingerprint density at radius 2 is 1.84 bits per heavy atom. The number of nitrogens with zero attached hydrogens (tertiary/aromatic N) is 1. The zero-order valence-corrected chi connectivity index (χ0v) is 18.9. The number of rotatable bonds is 6. The van der Waals surface area contributed by atoms with E-state index in [4.69, 9.17) is 14.5 Å². The normalized spacial score (nSPS) is 14.1. The Morgan fingerprint density at radius 3 is 2.62 bits per heavy atom. The van der Waals surface area contributed by atoms with Gasteiger partial charge in [0.2, 0.25) is 0 Å². The Morgan fingerprint density at radius 1 is 1.06 bits per heavy atom. The van der Waals surface area contributed by atoms with Gasteiger partial charge in [0.25, 0.3) is 5.56 Å². The van der Waals surface area contributed by atoms with Crippen molar-refractivity contribution in [2.45, 2.75) is 26.4 Å². The van der Waals surface area contributed by atoms with Crippen LogP contribution in [0.5, 0.6) is 11.5 Å². The first kappa shape index (κ1) is 20.7. The molecule has 2 aromatic heterocycles. The van der Waals surface area contributed by atoms with E-state index in [1.54, 1.807) is 11.3 Å². The molecule has 5 rings (SSSR count). The van der Waals surface area contributed by atoms with E-state index in [0.717, 1.165) is 32.3 Å². The summed E-state index contributed by atoms with van der Waals surface area (Å²) >= 11 is 1.54. The van der Waals surface area contributed by atoms with Crippen LogP contribution in [-0.2, 0) is 6.54 Å². The second kappa shape index (κ2) is 8.76. The molecule has 0 aliphatic carbocycles. The Balaban J connectivity index is 1.39. The fourth-order valence-corrected chi connectivity index (χ4v) is 5.06. The molecule has 0 saturated carbocycles. The van der Waals surface area contributed by atoms with E-state index in [0.29, 0.717) is 36.9 Å². The third-order valence-corrected chi connectivity index (χ3v) is 6.67. The molecule has 3 heterocycles. The minimum absolute atomic E-state index is 0.0787. The molecule has 0 radical (unpaired) electrons. The Hall–Kier alpha value is -3.16. The fraction of sp³-hybridized carbons (Fsp3) is 0.280. The molecule has 2 N–H and O–H groups in total. The highest BCUT2D eigenvalue weighted by Crippen LogP contribution is 2.35. The molecule has 0 spiro atoms. The zero-order chi connectivity index (χ0) is 22.1. The molecule has 6 nitrogen and oxygen atoms in total. The second-order valence-corrected chi connectivity index (χ2v) is 9.24.